The number of ether oxygens (including phenoxy) is 1. The van der Waals surface area contributed by atoms with E-state index in [1.807, 2.05) is 0 Å². The monoisotopic (exact) mass is 331 g/mol. The van der Waals surface area contributed by atoms with E-state index in [-0.39, 0.29) is 23.8 Å². The summed E-state index contributed by atoms with van der Waals surface area (Å²) in [5, 5.41) is 11.1. The second-order valence-corrected chi connectivity index (χ2v) is 6.53. The molecule has 0 aliphatic heterocycles. The summed E-state index contributed by atoms with van der Waals surface area (Å²) in [7, 11) is -4.81. The molecule has 0 heterocycles. The number of hydrogen-bond acceptors (Lipinski definition) is 5. The molecular formula is C13H18NO7P. The van der Waals surface area contributed by atoms with Crippen LogP contribution in [0.3, 0.4) is 0 Å². The van der Waals surface area contributed by atoms with Crippen LogP contribution in [0.25, 0.3) is 0 Å². The fourth-order valence-electron chi connectivity index (χ4n) is 2.68. The lowest BCUT2D eigenvalue weighted by atomic mass is 9.84. The predicted octanol–water partition coefficient (Wildman–Crippen LogP) is 2.99. The lowest BCUT2D eigenvalue weighted by Gasteiger charge is -2.41. The molecule has 1 fully saturated rings. The standard InChI is InChI=1S/C13H18NO7P/c1-10-6-4-5-9-13(10,21-22(17,18)19)20-12-8-3-2-7-11(12)14(15)16/h2-3,7-8,10H,4-6,9H2,1H3,(H2,17,18,19). The molecule has 0 spiro atoms. The first-order valence-electron chi connectivity index (χ1n) is 6.92. The van der Waals surface area contributed by atoms with E-state index in [0.717, 1.165) is 6.42 Å². The summed E-state index contributed by atoms with van der Waals surface area (Å²) in [6, 6.07) is 5.71. The van der Waals surface area contributed by atoms with Crippen LogP contribution < -0.4 is 4.74 Å². The number of nitro groups is 1. The first kappa shape index (κ1) is 16.9. The van der Waals surface area contributed by atoms with Gasteiger partial charge in [0.25, 0.3) is 0 Å². The minimum Gasteiger partial charge on any atom is -0.454 e. The molecule has 2 unspecified atom stereocenters. The van der Waals surface area contributed by atoms with Gasteiger partial charge in [0.1, 0.15) is 0 Å². The van der Waals surface area contributed by atoms with Crippen molar-refractivity contribution in [3.05, 3.63) is 34.4 Å². The summed E-state index contributed by atoms with van der Waals surface area (Å²) in [6.07, 6.45) is 2.45. The molecular weight excluding hydrogens is 313 g/mol. The highest BCUT2D eigenvalue weighted by atomic mass is 31.2. The fraction of sp³-hybridized carbons (Fsp3) is 0.538. The van der Waals surface area contributed by atoms with Crippen molar-refractivity contribution >= 4 is 13.5 Å². The third-order valence-electron chi connectivity index (χ3n) is 3.78. The van der Waals surface area contributed by atoms with Crippen molar-refractivity contribution in [3.8, 4) is 5.75 Å². The first-order valence-corrected chi connectivity index (χ1v) is 8.45. The molecule has 0 saturated heterocycles. The van der Waals surface area contributed by atoms with Gasteiger partial charge in [0, 0.05) is 18.4 Å². The highest BCUT2D eigenvalue weighted by molar-refractivity contribution is 7.46. The zero-order valence-electron chi connectivity index (χ0n) is 12.0. The van der Waals surface area contributed by atoms with Crippen molar-refractivity contribution < 1.29 is 28.5 Å². The number of phosphoric ester groups is 1. The molecule has 9 heteroatoms. The van der Waals surface area contributed by atoms with Gasteiger partial charge in [0.05, 0.1) is 4.92 Å². The third-order valence-corrected chi connectivity index (χ3v) is 4.33. The van der Waals surface area contributed by atoms with Gasteiger partial charge in [-0.2, -0.15) is 0 Å². The molecule has 1 saturated carbocycles. The largest absolute Gasteiger partial charge is 0.472 e. The number of rotatable bonds is 5. The fourth-order valence-corrected chi connectivity index (χ4v) is 3.39. The molecule has 8 nitrogen and oxygen atoms in total. The van der Waals surface area contributed by atoms with Gasteiger partial charge < -0.3 is 14.5 Å². The van der Waals surface area contributed by atoms with Gasteiger partial charge >= 0.3 is 13.5 Å². The average Bonchev–Trinajstić information content (AvgIpc) is 2.41. The van der Waals surface area contributed by atoms with E-state index in [1.165, 1.54) is 18.2 Å². The zero-order chi connectivity index (χ0) is 16.4. The van der Waals surface area contributed by atoms with E-state index < -0.39 is 18.5 Å². The summed E-state index contributed by atoms with van der Waals surface area (Å²) in [4.78, 5) is 28.8. The van der Waals surface area contributed by atoms with Gasteiger partial charge in [-0.1, -0.05) is 25.5 Å². The molecule has 1 aliphatic carbocycles. The summed E-state index contributed by atoms with van der Waals surface area (Å²) >= 11 is 0. The van der Waals surface area contributed by atoms with Gasteiger partial charge in [-0.25, -0.2) is 9.09 Å². The summed E-state index contributed by atoms with van der Waals surface area (Å²) in [5.74, 6) is -1.94. The Balaban J connectivity index is 2.39. The zero-order valence-corrected chi connectivity index (χ0v) is 12.9. The van der Waals surface area contributed by atoms with E-state index in [4.69, 9.17) is 9.26 Å². The van der Waals surface area contributed by atoms with Crippen LogP contribution in [-0.4, -0.2) is 20.5 Å². The van der Waals surface area contributed by atoms with E-state index in [2.05, 4.69) is 0 Å². The highest BCUT2D eigenvalue weighted by Gasteiger charge is 2.47. The molecule has 1 aromatic rings. The van der Waals surface area contributed by atoms with Gasteiger partial charge in [-0.3, -0.25) is 10.1 Å². The Morgan fingerprint density at radius 1 is 1.36 bits per heavy atom. The molecule has 1 aliphatic rings. The number of nitrogens with zero attached hydrogens (tertiary/aromatic N) is 1. The molecule has 0 amide bonds. The third kappa shape index (κ3) is 3.84. The van der Waals surface area contributed by atoms with Gasteiger partial charge in [0.15, 0.2) is 0 Å². The van der Waals surface area contributed by atoms with Crippen LogP contribution in [0.4, 0.5) is 5.69 Å². The Bertz CT molecular complexity index is 602. The average molecular weight is 331 g/mol. The summed E-state index contributed by atoms with van der Waals surface area (Å²) in [6.45, 7) is 1.75. The first-order chi connectivity index (χ1) is 10.2. The minimum absolute atomic E-state index is 0.0605. The SMILES string of the molecule is CC1CCCCC1(Oc1ccccc1[N+](=O)[O-])OP(=O)(O)O. The van der Waals surface area contributed by atoms with Crippen LogP contribution in [0.2, 0.25) is 0 Å². The van der Waals surface area contributed by atoms with Crippen molar-refractivity contribution in [2.45, 2.75) is 38.4 Å². The smallest absolute Gasteiger partial charge is 0.454 e. The van der Waals surface area contributed by atoms with Crippen molar-refractivity contribution in [1.29, 1.82) is 0 Å². The van der Waals surface area contributed by atoms with Crippen molar-refractivity contribution in [1.82, 2.24) is 0 Å². The molecule has 122 valence electrons. The second kappa shape index (κ2) is 6.34. The van der Waals surface area contributed by atoms with Crippen LogP contribution >= 0.6 is 7.82 Å². The molecule has 1 aromatic carbocycles. The molecule has 0 bridgehead atoms. The van der Waals surface area contributed by atoms with Gasteiger partial charge in [-0.15, -0.1) is 0 Å². The number of nitro benzene ring substituents is 1. The lowest BCUT2D eigenvalue weighted by Crippen LogP contribution is -2.46. The van der Waals surface area contributed by atoms with Crippen LogP contribution in [0, 0.1) is 16.0 Å². The van der Waals surface area contributed by atoms with E-state index >= 15 is 0 Å². The Morgan fingerprint density at radius 2 is 2.05 bits per heavy atom. The minimum atomic E-state index is -4.81. The number of hydrogen-bond donors (Lipinski definition) is 2. The Kier molecular flexibility index (Phi) is 4.87. The van der Waals surface area contributed by atoms with Crippen LogP contribution in [0.5, 0.6) is 5.75 Å². The summed E-state index contributed by atoms with van der Waals surface area (Å²) < 4.78 is 21.9. The van der Waals surface area contributed by atoms with Crippen molar-refractivity contribution in [2.75, 3.05) is 0 Å². The van der Waals surface area contributed by atoms with Crippen LogP contribution in [-0.2, 0) is 9.09 Å². The maximum atomic E-state index is 11.3. The normalized spacial score (nSPS) is 25.7. The molecule has 0 aromatic heterocycles. The van der Waals surface area contributed by atoms with Crippen molar-refractivity contribution in [3.63, 3.8) is 0 Å². The molecule has 22 heavy (non-hydrogen) atoms. The second-order valence-electron chi connectivity index (χ2n) is 5.37. The van der Waals surface area contributed by atoms with E-state index in [0.29, 0.717) is 12.8 Å². The Hall–Kier alpha value is -1.47. The molecule has 2 rings (SSSR count). The van der Waals surface area contributed by atoms with Crippen LogP contribution in [0.1, 0.15) is 32.6 Å². The summed E-state index contributed by atoms with van der Waals surface area (Å²) in [5.41, 5.74) is -0.269. The van der Waals surface area contributed by atoms with Crippen molar-refractivity contribution in [2.24, 2.45) is 5.92 Å². The van der Waals surface area contributed by atoms with Crippen LogP contribution in [0.15, 0.2) is 24.3 Å². The lowest BCUT2D eigenvalue weighted by molar-refractivity contribution is -0.387. The number of para-hydroxylation sites is 2. The van der Waals surface area contributed by atoms with E-state index in [1.54, 1.807) is 13.0 Å². The maximum absolute atomic E-state index is 11.3. The Labute approximate surface area is 127 Å². The topological polar surface area (TPSA) is 119 Å². The van der Waals surface area contributed by atoms with E-state index in [9.17, 15) is 24.5 Å². The number of benzene rings is 1. The van der Waals surface area contributed by atoms with Gasteiger partial charge in [0.2, 0.25) is 11.5 Å². The predicted molar refractivity (Wildman–Crippen MR) is 77.2 cm³/mol. The Morgan fingerprint density at radius 3 is 2.64 bits per heavy atom. The highest BCUT2D eigenvalue weighted by Crippen LogP contribution is 2.50. The number of phosphoric acid groups is 1. The molecule has 2 atom stereocenters. The quantitative estimate of drug-likeness (QED) is 0.368. The van der Waals surface area contributed by atoms with Gasteiger partial charge in [-0.05, 0) is 18.9 Å². The maximum Gasteiger partial charge on any atom is 0.472 e. The molecule has 0 radical (unpaired) electrons. The molecule has 2 N–H and O–H groups in total.